The number of amides is 1. The van der Waals surface area contributed by atoms with Crippen molar-refractivity contribution < 1.29 is 35.7 Å². The van der Waals surface area contributed by atoms with E-state index in [9.17, 15) is 9.59 Å². The summed E-state index contributed by atoms with van der Waals surface area (Å²) in [5.74, 6) is -0.474. The van der Waals surface area contributed by atoms with Crippen molar-refractivity contribution in [1.82, 2.24) is 5.32 Å². The molecular formula is C6H11INO3S-. The molecule has 0 spiro atoms. The first-order chi connectivity index (χ1) is 6.07. The third-order valence-corrected chi connectivity index (χ3v) is 2.94. The van der Waals surface area contributed by atoms with E-state index < -0.39 is 33.0 Å². The molecule has 0 aromatic heterocycles. The van der Waals surface area contributed by atoms with Crippen molar-refractivity contribution in [3.63, 3.8) is 0 Å². The van der Waals surface area contributed by atoms with Crippen LogP contribution in [0.25, 0.3) is 0 Å². The van der Waals surface area contributed by atoms with Gasteiger partial charge >= 0.3 is 87.6 Å². The van der Waals surface area contributed by atoms with Crippen LogP contribution in [0, 0.1) is 0 Å². The zero-order valence-corrected chi connectivity index (χ0v) is 9.52. The van der Waals surface area contributed by atoms with E-state index in [0.717, 1.165) is 8.93 Å². The van der Waals surface area contributed by atoms with E-state index in [1.807, 2.05) is 0 Å². The molecule has 0 heterocycles. The molecule has 72 valence electrons. The first kappa shape index (κ1) is 10.3. The van der Waals surface area contributed by atoms with Crippen LogP contribution in [0.5, 0.6) is 0 Å². The topological polar surface area (TPSA) is 66.4 Å². The van der Waals surface area contributed by atoms with Gasteiger partial charge in [0.15, 0.2) is 0 Å². The van der Waals surface area contributed by atoms with Crippen molar-refractivity contribution in [3.05, 3.63) is 0 Å². The van der Waals surface area contributed by atoms with Crippen LogP contribution >= 0.6 is 8.93 Å². The predicted molar refractivity (Wildman–Crippen MR) is 43.3 cm³/mol. The Bertz CT molecular complexity index is 191. The number of halogens is 1. The molecule has 12 heavy (non-hydrogen) atoms. The van der Waals surface area contributed by atoms with E-state index in [2.05, 4.69) is 5.32 Å². The Balaban J connectivity index is 3.45. The quantitative estimate of drug-likeness (QED) is 0.514. The van der Waals surface area contributed by atoms with Gasteiger partial charge in [0, 0.05) is 0 Å². The van der Waals surface area contributed by atoms with Gasteiger partial charge in [-0.15, -0.1) is 0 Å². The van der Waals surface area contributed by atoms with Crippen molar-refractivity contribution in [3.8, 4) is 0 Å². The molecule has 0 unspecified atom stereocenters. The molecule has 0 aliphatic heterocycles. The summed E-state index contributed by atoms with van der Waals surface area (Å²) >= 11 is -0.824. The average molecular weight is 306 g/mol. The SMILES string of the molecule is [3H][I-]SC(=O)CCNC(=O)[C@H](C)O. The molecule has 0 aliphatic carbocycles. The molecule has 0 bridgehead atoms. The molecule has 0 radical (unpaired) electrons. The molecule has 1 amide bonds. The third-order valence-electron chi connectivity index (χ3n) is 1.09. The van der Waals surface area contributed by atoms with E-state index >= 15 is 0 Å². The number of hydrogen-bond acceptors (Lipinski definition) is 4. The molecule has 6 heteroatoms. The third kappa shape index (κ3) is 5.78. The van der Waals surface area contributed by atoms with E-state index in [0.29, 0.717) is 0 Å². The van der Waals surface area contributed by atoms with Gasteiger partial charge in [0.25, 0.3) is 0 Å². The molecule has 0 aliphatic rings. The Hall–Kier alpha value is 0.180. The Labute approximate surface area is 87.5 Å². The van der Waals surface area contributed by atoms with Crippen molar-refractivity contribution in [1.29, 1.82) is 0.594 Å². The summed E-state index contributed by atoms with van der Waals surface area (Å²) in [6, 6.07) is 0. The average Bonchev–Trinajstić information content (AvgIpc) is 2.04. The number of rotatable bonds is 5. The number of aliphatic hydroxyl groups is 1. The molecule has 0 saturated heterocycles. The van der Waals surface area contributed by atoms with Gasteiger partial charge in [-0.3, -0.25) is 0 Å². The number of carbonyl (C=O) groups excluding carboxylic acids is 2. The van der Waals surface area contributed by atoms with Crippen molar-refractivity contribution in [2.45, 2.75) is 19.4 Å². The number of carbonyl (C=O) groups is 2. The van der Waals surface area contributed by atoms with Crippen molar-refractivity contribution in [2.75, 3.05) is 6.54 Å². The second-order valence-electron chi connectivity index (χ2n) is 2.17. The van der Waals surface area contributed by atoms with Crippen LogP contribution in [-0.4, -0.2) is 29.4 Å². The molecule has 0 rings (SSSR count). The van der Waals surface area contributed by atoms with Gasteiger partial charge in [0.1, 0.15) is 0 Å². The summed E-state index contributed by atoms with van der Waals surface area (Å²) in [7, 11) is 1.02. The summed E-state index contributed by atoms with van der Waals surface area (Å²) in [6.45, 7) is 1.60. The minimum absolute atomic E-state index is 0.0753. The summed E-state index contributed by atoms with van der Waals surface area (Å²) in [5, 5.41) is 11.1. The van der Waals surface area contributed by atoms with Gasteiger partial charge in [-0.05, 0) is 0 Å². The Morgan fingerprint density at radius 2 is 2.50 bits per heavy atom. The van der Waals surface area contributed by atoms with E-state index in [1.54, 1.807) is 0 Å². The van der Waals surface area contributed by atoms with Crippen LogP contribution in [0.15, 0.2) is 0 Å². The molecule has 0 aromatic carbocycles. The van der Waals surface area contributed by atoms with Gasteiger partial charge in [-0.25, -0.2) is 0 Å². The second-order valence-corrected chi connectivity index (χ2v) is 4.10. The number of nitrogens with one attached hydrogen (secondary N) is 1. The predicted octanol–water partition coefficient (Wildman–Crippen LogP) is -3.67. The van der Waals surface area contributed by atoms with Gasteiger partial charge in [0.05, 0.1) is 0 Å². The zero-order chi connectivity index (χ0) is 10.3. The van der Waals surface area contributed by atoms with Crippen LogP contribution in [0.1, 0.15) is 13.3 Å². The Morgan fingerprint density at radius 1 is 1.83 bits per heavy atom. The fraction of sp³-hybridized carbons (Fsp3) is 0.667. The zero-order valence-electron chi connectivity index (χ0n) is 7.54. The first-order valence-corrected chi connectivity index (χ1v) is 6.71. The van der Waals surface area contributed by atoms with Gasteiger partial charge in [-0.1, -0.05) is 0 Å². The monoisotopic (exact) mass is 306 g/mol. The molecule has 0 fully saturated rings. The maximum absolute atomic E-state index is 10.9. The summed E-state index contributed by atoms with van der Waals surface area (Å²) in [4.78, 5) is 21.6. The normalized spacial score (nSPS) is 13.7. The molecular weight excluding hydrogens is 293 g/mol. The van der Waals surface area contributed by atoms with Crippen LogP contribution in [0.2, 0.25) is 0 Å². The van der Waals surface area contributed by atoms with Gasteiger partial charge in [-0.2, -0.15) is 0 Å². The van der Waals surface area contributed by atoms with Crippen molar-refractivity contribution >= 4 is 20.0 Å². The summed E-state index contributed by atoms with van der Waals surface area (Å²) in [5.41, 5.74) is 0. The fourth-order valence-electron chi connectivity index (χ4n) is 0.474. The van der Waals surface area contributed by atoms with E-state index in [4.69, 9.17) is 5.70 Å². The van der Waals surface area contributed by atoms with Crippen molar-refractivity contribution in [2.24, 2.45) is 0 Å². The molecule has 0 aromatic rings. The minimum atomic E-state index is -1.04. The maximum atomic E-state index is 10.9. The van der Waals surface area contributed by atoms with E-state index in [-0.39, 0.29) is 18.1 Å². The molecule has 0 saturated carbocycles. The molecule has 2 N–H and O–H groups in total. The summed E-state index contributed by atoms with van der Waals surface area (Å²) < 4.78 is 6.85. The number of aliphatic hydroxyl groups excluding tert-OH is 1. The van der Waals surface area contributed by atoms with Crippen LogP contribution < -0.4 is 26.3 Å². The van der Waals surface area contributed by atoms with Gasteiger partial charge < -0.3 is 0 Å². The van der Waals surface area contributed by atoms with Gasteiger partial charge in [0.2, 0.25) is 0 Å². The van der Waals surface area contributed by atoms with E-state index in [1.165, 1.54) is 6.92 Å². The Morgan fingerprint density at radius 3 is 3.00 bits per heavy atom. The van der Waals surface area contributed by atoms with Crippen LogP contribution in [-0.2, 0) is 9.59 Å². The Kier molecular flexibility index (Phi) is 5.70. The van der Waals surface area contributed by atoms with Crippen LogP contribution in [0.3, 0.4) is 0 Å². The van der Waals surface area contributed by atoms with Crippen LogP contribution in [0.4, 0.5) is 0 Å². The standard InChI is InChI=1S/C6H11INO3S/c1-4(9)6(11)8-3-2-5(10)12-7/h4,7,9H,2-3H2,1H3,(H,8,11)/q-1/t4-/m0/s1/i7T. The summed E-state index contributed by atoms with van der Waals surface area (Å²) in [6.07, 6.45) is -0.812. The molecule has 1 atom stereocenters. The second kappa shape index (κ2) is 6.67. The molecule has 4 nitrogen and oxygen atoms in total. The number of hydrogen-bond donors (Lipinski definition) is 2. The fourth-order valence-corrected chi connectivity index (χ4v) is 1.31. The first-order valence-electron chi connectivity index (χ1n) is 3.73.